The lowest BCUT2D eigenvalue weighted by Gasteiger charge is -2.11. The second-order valence-electron chi connectivity index (χ2n) is 5.27. The summed E-state index contributed by atoms with van der Waals surface area (Å²) in [5.74, 6) is 2.63. The third-order valence-corrected chi connectivity index (χ3v) is 3.41. The number of nitrogens with one attached hydrogen (secondary N) is 1. The van der Waals surface area contributed by atoms with Gasteiger partial charge < -0.3 is 25.3 Å². The maximum Gasteiger partial charge on any atom is 0.193 e. The summed E-state index contributed by atoms with van der Waals surface area (Å²) in [5.41, 5.74) is 6.71. The fourth-order valence-electron chi connectivity index (χ4n) is 2.27. The van der Waals surface area contributed by atoms with Gasteiger partial charge in [-0.25, -0.2) is 4.99 Å². The molecular weight excluding hydrogens is 306 g/mol. The van der Waals surface area contributed by atoms with Crippen LogP contribution < -0.4 is 25.3 Å². The number of nitrogens with two attached hydrogens (primary N) is 1. The highest BCUT2D eigenvalue weighted by Gasteiger charge is 2.10. The van der Waals surface area contributed by atoms with Crippen LogP contribution in [0.4, 0.5) is 5.69 Å². The van der Waals surface area contributed by atoms with Gasteiger partial charge in [-0.3, -0.25) is 0 Å². The number of nitrogens with zero attached hydrogens (tertiary/aromatic N) is 1. The number of ether oxygens (including phenoxy) is 3. The van der Waals surface area contributed by atoms with Crippen LogP contribution in [-0.2, 0) is 0 Å². The van der Waals surface area contributed by atoms with Crippen LogP contribution in [0, 0.1) is 0 Å². The van der Waals surface area contributed by atoms with E-state index in [2.05, 4.69) is 10.3 Å². The maximum absolute atomic E-state index is 5.90. The number of hydrogen-bond donors (Lipinski definition) is 2. The number of anilines is 1. The molecule has 0 amide bonds. The molecule has 6 heteroatoms. The molecule has 1 aliphatic rings. The quantitative estimate of drug-likeness (QED) is 0.501. The SMILES string of the molecule is NC(=NCCOc1ccccc1)Nc1ccc2c(c1)OCCCO2. The van der Waals surface area contributed by atoms with E-state index in [-0.39, 0.29) is 0 Å². The number of hydrogen-bond acceptors (Lipinski definition) is 4. The monoisotopic (exact) mass is 327 g/mol. The van der Waals surface area contributed by atoms with Gasteiger partial charge in [0.05, 0.1) is 19.8 Å². The van der Waals surface area contributed by atoms with Crippen molar-refractivity contribution in [2.45, 2.75) is 6.42 Å². The van der Waals surface area contributed by atoms with Crippen LogP contribution in [0.2, 0.25) is 0 Å². The second kappa shape index (κ2) is 8.10. The minimum absolute atomic E-state index is 0.334. The van der Waals surface area contributed by atoms with Gasteiger partial charge in [-0.15, -0.1) is 0 Å². The lowest BCUT2D eigenvalue weighted by molar-refractivity contribution is 0.297. The van der Waals surface area contributed by atoms with E-state index in [9.17, 15) is 0 Å². The average molecular weight is 327 g/mol. The van der Waals surface area contributed by atoms with Crippen molar-refractivity contribution in [3.05, 3.63) is 48.5 Å². The summed E-state index contributed by atoms with van der Waals surface area (Å²) in [4.78, 5) is 4.25. The van der Waals surface area contributed by atoms with Crippen molar-refractivity contribution in [2.24, 2.45) is 10.7 Å². The Bertz CT molecular complexity index is 689. The average Bonchev–Trinajstić information content (AvgIpc) is 2.84. The van der Waals surface area contributed by atoms with Crippen LogP contribution in [0.1, 0.15) is 6.42 Å². The Morgan fingerprint density at radius 2 is 1.88 bits per heavy atom. The van der Waals surface area contributed by atoms with Crippen molar-refractivity contribution in [2.75, 3.05) is 31.7 Å². The summed E-state index contributed by atoms with van der Waals surface area (Å²) >= 11 is 0. The summed E-state index contributed by atoms with van der Waals surface area (Å²) < 4.78 is 16.8. The van der Waals surface area contributed by atoms with Crippen molar-refractivity contribution in [3.8, 4) is 17.2 Å². The first kappa shape index (κ1) is 16.0. The lowest BCUT2D eigenvalue weighted by atomic mass is 10.3. The van der Waals surface area contributed by atoms with Gasteiger partial charge >= 0.3 is 0 Å². The summed E-state index contributed by atoms with van der Waals surface area (Å²) in [6, 6.07) is 15.2. The van der Waals surface area contributed by atoms with E-state index >= 15 is 0 Å². The molecule has 0 aromatic heterocycles. The molecule has 24 heavy (non-hydrogen) atoms. The standard InChI is InChI=1S/C18H21N3O3/c19-18(20-9-12-22-15-5-2-1-3-6-15)21-14-7-8-16-17(13-14)24-11-4-10-23-16/h1-3,5-8,13H,4,9-12H2,(H3,19,20,21). The number of benzene rings is 2. The van der Waals surface area contributed by atoms with E-state index in [4.69, 9.17) is 19.9 Å². The van der Waals surface area contributed by atoms with Crippen LogP contribution in [0.15, 0.2) is 53.5 Å². The third-order valence-electron chi connectivity index (χ3n) is 3.41. The second-order valence-corrected chi connectivity index (χ2v) is 5.27. The molecule has 1 aliphatic heterocycles. The highest BCUT2D eigenvalue weighted by Crippen LogP contribution is 2.32. The molecule has 0 bridgehead atoms. The fraction of sp³-hybridized carbons (Fsp3) is 0.278. The molecule has 3 N–H and O–H groups in total. The van der Waals surface area contributed by atoms with Gasteiger partial charge in [0.25, 0.3) is 0 Å². The molecule has 2 aromatic carbocycles. The summed E-state index contributed by atoms with van der Waals surface area (Å²) in [6.07, 6.45) is 0.877. The molecule has 0 aliphatic carbocycles. The van der Waals surface area contributed by atoms with Gasteiger partial charge in [0, 0.05) is 18.2 Å². The lowest BCUT2D eigenvalue weighted by Crippen LogP contribution is -2.23. The largest absolute Gasteiger partial charge is 0.492 e. The van der Waals surface area contributed by atoms with Gasteiger partial charge in [-0.05, 0) is 24.3 Å². The Morgan fingerprint density at radius 1 is 1.08 bits per heavy atom. The molecule has 0 saturated carbocycles. The van der Waals surface area contributed by atoms with Crippen molar-refractivity contribution < 1.29 is 14.2 Å². The molecule has 1 heterocycles. The zero-order valence-corrected chi connectivity index (χ0v) is 13.4. The van der Waals surface area contributed by atoms with Crippen molar-refractivity contribution >= 4 is 11.6 Å². The normalized spacial score (nSPS) is 13.9. The molecule has 0 fully saturated rings. The van der Waals surface area contributed by atoms with Crippen LogP contribution in [-0.4, -0.2) is 32.3 Å². The molecular formula is C18H21N3O3. The van der Waals surface area contributed by atoms with E-state index in [0.29, 0.717) is 32.3 Å². The fourth-order valence-corrected chi connectivity index (χ4v) is 2.27. The number of rotatable bonds is 5. The van der Waals surface area contributed by atoms with Crippen LogP contribution in [0.25, 0.3) is 0 Å². The Labute approximate surface area is 141 Å². The summed E-state index contributed by atoms with van der Waals surface area (Å²) in [6.45, 7) is 2.26. The van der Waals surface area contributed by atoms with Crippen LogP contribution in [0.5, 0.6) is 17.2 Å². The molecule has 2 aromatic rings. The number of guanidine groups is 1. The predicted molar refractivity (Wildman–Crippen MR) is 94.1 cm³/mol. The topological polar surface area (TPSA) is 78.1 Å². The minimum atomic E-state index is 0.334. The third kappa shape index (κ3) is 4.55. The molecule has 0 saturated heterocycles. The number of aliphatic imine (C=N–C) groups is 1. The van der Waals surface area contributed by atoms with Crippen LogP contribution in [0.3, 0.4) is 0 Å². The van der Waals surface area contributed by atoms with Gasteiger partial charge in [-0.2, -0.15) is 0 Å². The Kier molecular flexibility index (Phi) is 5.40. The Hall–Kier alpha value is -2.89. The van der Waals surface area contributed by atoms with E-state index in [1.807, 2.05) is 48.5 Å². The van der Waals surface area contributed by atoms with E-state index < -0.39 is 0 Å². The van der Waals surface area contributed by atoms with Gasteiger partial charge in [-0.1, -0.05) is 18.2 Å². The maximum atomic E-state index is 5.90. The zero-order chi connectivity index (χ0) is 16.6. The Morgan fingerprint density at radius 3 is 2.71 bits per heavy atom. The molecule has 0 unspecified atom stereocenters. The van der Waals surface area contributed by atoms with Crippen LogP contribution >= 0.6 is 0 Å². The first-order valence-corrected chi connectivity index (χ1v) is 7.96. The zero-order valence-electron chi connectivity index (χ0n) is 13.4. The molecule has 3 rings (SSSR count). The molecule has 126 valence electrons. The molecule has 0 atom stereocenters. The minimum Gasteiger partial charge on any atom is -0.492 e. The van der Waals surface area contributed by atoms with Crippen molar-refractivity contribution in [3.63, 3.8) is 0 Å². The highest BCUT2D eigenvalue weighted by molar-refractivity contribution is 5.92. The molecule has 0 radical (unpaired) electrons. The number of para-hydroxylation sites is 1. The smallest absolute Gasteiger partial charge is 0.193 e. The number of fused-ring (bicyclic) bond motifs is 1. The highest BCUT2D eigenvalue weighted by atomic mass is 16.5. The summed E-state index contributed by atoms with van der Waals surface area (Å²) in [5, 5.41) is 3.05. The van der Waals surface area contributed by atoms with Crippen molar-refractivity contribution in [1.29, 1.82) is 0 Å². The predicted octanol–water partition coefficient (Wildman–Crippen LogP) is 2.65. The van der Waals surface area contributed by atoms with Crippen molar-refractivity contribution in [1.82, 2.24) is 0 Å². The van der Waals surface area contributed by atoms with E-state index in [1.54, 1.807) is 0 Å². The molecule has 0 spiro atoms. The summed E-state index contributed by atoms with van der Waals surface area (Å²) in [7, 11) is 0. The van der Waals surface area contributed by atoms with Gasteiger partial charge in [0.15, 0.2) is 17.5 Å². The van der Waals surface area contributed by atoms with E-state index in [1.165, 1.54) is 0 Å². The van der Waals surface area contributed by atoms with Gasteiger partial charge in [0.2, 0.25) is 0 Å². The first-order valence-electron chi connectivity index (χ1n) is 7.96. The molecule has 6 nitrogen and oxygen atoms in total. The first-order chi connectivity index (χ1) is 11.8. The van der Waals surface area contributed by atoms with Gasteiger partial charge in [0.1, 0.15) is 12.4 Å². The Balaban J connectivity index is 1.50. The van der Waals surface area contributed by atoms with E-state index in [0.717, 1.165) is 29.4 Å².